The van der Waals surface area contributed by atoms with Gasteiger partial charge in [0, 0.05) is 28.7 Å². The lowest BCUT2D eigenvalue weighted by molar-refractivity contribution is -0.274. The molecule has 0 amide bonds. The predicted molar refractivity (Wildman–Crippen MR) is 114 cm³/mol. The van der Waals surface area contributed by atoms with Gasteiger partial charge in [0.15, 0.2) is 5.78 Å². The number of halogens is 5. The third-order valence-electron chi connectivity index (χ3n) is 5.44. The van der Waals surface area contributed by atoms with Crippen molar-refractivity contribution in [2.45, 2.75) is 18.8 Å². The van der Waals surface area contributed by atoms with E-state index in [-0.39, 0.29) is 23.5 Å². The van der Waals surface area contributed by atoms with E-state index in [1.807, 2.05) is 4.90 Å². The van der Waals surface area contributed by atoms with E-state index in [0.717, 1.165) is 0 Å². The number of alkyl halides is 3. The second-order valence-corrected chi connectivity index (χ2v) is 8.01. The highest BCUT2D eigenvalue weighted by atomic mass is 35.5. The number of rotatable bonds is 5. The molecule has 1 unspecified atom stereocenters. The summed E-state index contributed by atoms with van der Waals surface area (Å²) in [5, 5.41) is 0.522. The molecule has 32 heavy (non-hydrogen) atoms. The number of benzene rings is 3. The number of nitrogens with zero attached hydrogens (tertiary/aromatic N) is 1. The molecular formula is C24H18ClF4NO2. The zero-order valence-electron chi connectivity index (χ0n) is 16.7. The lowest BCUT2D eigenvalue weighted by Gasteiger charge is -2.27. The zero-order valence-corrected chi connectivity index (χ0v) is 17.4. The van der Waals surface area contributed by atoms with Gasteiger partial charge in [-0.1, -0.05) is 23.7 Å². The van der Waals surface area contributed by atoms with Gasteiger partial charge in [-0.05, 0) is 72.6 Å². The van der Waals surface area contributed by atoms with Gasteiger partial charge in [0.1, 0.15) is 11.6 Å². The number of carbonyl (C=O) groups excluding carboxylic acids is 1. The average Bonchev–Trinajstić information content (AvgIpc) is 3.19. The van der Waals surface area contributed by atoms with Gasteiger partial charge in [-0.2, -0.15) is 0 Å². The van der Waals surface area contributed by atoms with Crippen molar-refractivity contribution in [1.29, 1.82) is 0 Å². The Kier molecular flexibility index (Phi) is 6.11. The fourth-order valence-corrected chi connectivity index (χ4v) is 4.16. The highest BCUT2D eigenvalue weighted by molar-refractivity contribution is 6.30. The van der Waals surface area contributed by atoms with Gasteiger partial charge >= 0.3 is 6.36 Å². The summed E-state index contributed by atoms with van der Waals surface area (Å²) in [6, 6.07) is 17.9. The van der Waals surface area contributed by atoms with Crippen LogP contribution in [0.3, 0.4) is 0 Å². The van der Waals surface area contributed by atoms with Crippen LogP contribution in [0.1, 0.15) is 28.4 Å². The molecule has 166 valence electrons. The summed E-state index contributed by atoms with van der Waals surface area (Å²) in [6.45, 7) is 0.335. The summed E-state index contributed by atoms with van der Waals surface area (Å²) in [5.74, 6) is -1.18. The Morgan fingerprint density at radius 1 is 1.00 bits per heavy atom. The Labute approximate surface area is 187 Å². The highest BCUT2D eigenvalue weighted by Gasteiger charge is 2.38. The van der Waals surface area contributed by atoms with Crippen LogP contribution in [0.2, 0.25) is 5.02 Å². The monoisotopic (exact) mass is 463 g/mol. The van der Waals surface area contributed by atoms with E-state index in [4.69, 9.17) is 11.6 Å². The molecule has 0 radical (unpaired) electrons. The van der Waals surface area contributed by atoms with Crippen LogP contribution in [0, 0.1) is 11.7 Å². The summed E-state index contributed by atoms with van der Waals surface area (Å²) in [7, 11) is 0. The van der Waals surface area contributed by atoms with E-state index >= 15 is 0 Å². The maximum absolute atomic E-state index is 13.9. The fourth-order valence-electron chi connectivity index (χ4n) is 4.03. The molecule has 3 aromatic rings. The fraction of sp³-hybridized carbons (Fsp3) is 0.208. The molecule has 0 aliphatic carbocycles. The number of anilines is 1. The normalized spacial score (nSPS) is 18.6. The van der Waals surface area contributed by atoms with Gasteiger partial charge in [0.25, 0.3) is 0 Å². The summed E-state index contributed by atoms with van der Waals surface area (Å²) in [4.78, 5) is 15.0. The molecule has 0 bridgehead atoms. The Bertz CT molecular complexity index is 1100. The Morgan fingerprint density at radius 3 is 2.31 bits per heavy atom. The first-order valence-electron chi connectivity index (χ1n) is 9.87. The van der Waals surface area contributed by atoms with Crippen molar-refractivity contribution < 1.29 is 27.1 Å². The highest BCUT2D eigenvalue weighted by Crippen LogP contribution is 2.41. The largest absolute Gasteiger partial charge is 0.573 e. The van der Waals surface area contributed by atoms with E-state index in [1.54, 1.807) is 36.4 Å². The summed E-state index contributed by atoms with van der Waals surface area (Å²) in [5.41, 5.74) is 1.82. The average molecular weight is 464 g/mol. The molecule has 1 aliphatic rings. The van der Waals surface area contributed by atoms with Crippen LogP contribution in [0.4, 0.5) is 23.2 Å². The van der Waals surface area contributed by atoms with E-state index in [1.165, 1.54) is 36.4 Å². The van der Waals surface area contributed by atoms with Gasteiger partial charge in [-0.3, -0.25) is 4.79 Å². The molecule has 1 heterocycles. The molecule has 1 fully saturated rings. The van der Waals surface area contributed by atoms with Crippen LogP contribution in [0.15, 0.2) is 72.8 Å². The first kappa shape index (κ1) is 22.1. The molecule has 2 atom stereocenters. The second-order valence-electron chi connectivity index (χ2n) is 7.57. The van der Waals surface area contributed by atoms with E-state index in [0.29, 0.717) is 34.8 Å². The van der Waals surface area contributed by atoms with Gasteiger partial charge in [0.2, 0.25) is 0 Å². The molecule has 4 rings (SSSR count). The van der Waals surface area contributed by atoms with Crippen molar-refractivity contribution in [1.82, 2.24) is 0 Å². The third-order valence-corrected chi connectivity index (χ3v) is 5.69. The topological polar surface area (TPSA) is 29.5 Å². The molecule has 3 nitrogen and oxygen atoms in total. The smallest absolute Gasteiger partial charge is 0.406 e. The minimum absolute atomic E-state index is 0.0670. The molecule has 0 saturated carbocycles. The van der Waals surface area contributed by atoms with Crippen molar-refractivity contribution in [3.05, 3.63) is 94.8 Å². The quantitative estimate of drug-likeness (QED) is 0.307. The van der Waals surface area contributed by atoms with Crippen LogP contribution in [-0.2, 0) is 0 Å². The van der Waals surface area contributed by atoms with Crippen molar-refractivity contribution in [3.8, 4) is 5.75 Å². The van der Waals surface area contributed by atoms with Crippen molar-refractivity contribution in [2.75, 3.05) is 11.4 Å². The number of ketones is 1. The number of ether oxygens (including phenoxy) is 1. The lowest BCUT2D eigenvalue weighted by atomic mass is 9.93. The number of carbonyl (C=O) groups is 1. The Morgan fingerprint density at radius 2 is 1.69 bits per heavy atom. The second kappa shape index (κ2) is 8.82. The summed E-state index contributed by atoms with van der Waals surface area (Å²) < 4.78 is 55.3. The number of hydrogen-bond donors (Lipinski definition) is 0. The molecule has 8 heteroatoms. The van der Waals surface area contributed by atoms with Crippen LogP contribution in [0.5, 0.6) is 5.75 Å². The van der Waals surface area contributed by atoms with Gasteiger partial charge in [0.05, 0.1) is 6.04 Å². The van der Waals surface area contributed by atoms with Crippen molar-refractivity contribution >= 4 is 23.1 Å². The molecule has 0 N–H and O–H groups in total. The SMILES string of the molecule is O=C(c1ccc(Cl)cc1)C1C[C@H](c2cccc(F)c2)N(c2ccc(OC(F)(F)F)cc2)C1. The van der Waals surface area contributed by atoms with Gasteiger partial charge in [-0.15, -0.1) is 13.2 Å². The van der Waals surface area contributed by atoms with E-state index < -0.39 is 12.2 Å². The minimum Gasteiger partial charge on any atom is -0.406 e. The molecular weight excluding hydrogens is 446 g/mol. The summed E-state index contributed by atoms with van der Waals surface area (Å²) >= 11 is 5.91. The van der Waals surface area contributed by atoms with Crippen molar-refractivity contribution in [3.63, 3.8) is 0 Å². The third kappa shape index (κ3) is 5.05. The molecule has 0 spiro atoms. The zero-order chi connectivity index (χ0) is 22.9. The lowest BCUT2D eigenvalue weighted by Crippen LogP contribution is -2.25. The maximum Gasteiger partial charge on any atom is 0.573 e. The first-order valence-corrected chi connectivity index (χ1v) is 10.2. The molecule has 3 aromatic carbocycles. The number of hydrogen-bond acceptors (Lipinski definition) is 3. The van der Waals surface area contributed by atoms with E-state index in [9.17, 15) is 22.4 Å². The van der Waals surface area contributed by atoms with Crippen LogP contribution >= 0.6 is 11.6 Å². The Hall–Kier alpha value is -3.06. The molecule has 1 aliphatic heterocycles. The predicted octanol–water partition coefficient (Wildman–Crippen LogP) is 6.83. The van der Waals surface area contributed by atoms with Crippen LogP contribution in [0.25, 0.3) is 0 Å². The van der Waals surface area contributed by atoms with Gasteiger partial charge < -0.3 is 9.64 Å². The van der Waals surface area contributed by atoms with Crippen LogP contribution < -0.4 is 9.64 Å². The van der Waals surface area contributed by atoms with Gasteiger partial charge in [-0.25, -0.2) is 4.39 Å². The standard InChI is InChI=1S/C24H18ClF4NO2/c25-18-6-4-15(5-7-18)23(31)17-13-22(16-2-1-3-19(26)12-16)30(14-17)20-8-10-21(11-9-20)32-24(27,28)29/h1-12,17,22H,13-14H2/t17?,22-/m1/s1. The molecule has 0 aromatic heterocycles. The van der Waals surface area contributed by atoms with Crippen molar-refractivity contribution in [2.24, 2.45) is 5.92 Å². The number of Topliss-reactive ketones (excluding diaryl/α,β-unsaturated/α-hetero) is 1. The maximum atomic E-state index is 13.9. The first-order chi connectivity index (χ1) is 15.2. The summed E-state index contributed by atoms with van der Waals surface area (Å²) in [6.07, 6.45) is -4.35. The molecule has 1 saturated heterocycles. The minimum atomic E-state index is -4.78. The van der Waals surface area contributed by atoms with Crippen LogP contribution in [-0.4, -0.2) is 18.7 Å². The van der Waals surface area contributed by atoms with E-state index in [2.05, 4.69) is 4.74 Å². The Balaban J connectivity index is 1.63.